The lowest BCUT2D eigenvalue weighted by Crippen LogP contribution is -2.17. The van der Waals surface area contributed by atoms with E-state index >= 15 is 0 Å². The van der Waals surface area contributed by atoms with E-state index in [9.17, 15) is 4.39 Å². The normalized spacial score (nSPS) is 24.5. The Bertz CT molecular complexity index is 1550. The topological polar surface area (TPSA) is 17.3 Å². The molecule has 2 unspecified atom stereocenters. The van der Waals surface area contributed by atoms with Gasteiger partial charge in [-0.3, -0.25) is 4.40 Å². The zero-order valence-corrected chi connectivity index (χ0v) is 17.7. The predicted octanol–water partition coefficient (Wildman–Crippen LogP) is 7.16. The van der Waals surface area contributed by atoms with E-state index in [1.165, 1.54) is 36.5 Å². The third-order valence-corrected chi connectivity index (χ3v) is 7.96. The molecule has 2 aromatic heterocycles. The number of hydrogen-bond donors (Lipinski definition) is 0. The zero-order valence-electron chi connectivity index (χ0n) is 17.7. The first-order valence-corrected chi connectivity index (χ1v) is 11.1. The van der Waals surface area contributed by atoms with Gasteiger partial charge in [-0.2, -0.15) is 0 Å². The van der Waals surface area contributed by atoms with Gasteiger partial charge in [0.1, 0.15) is 11.5 Å². The summed E-state index contributed by atoms with van der Waals surface area (Å²) in [6.45, 7) is 4.84. The summed E-state index contributed by atoms with van der Waals surface area (Å²) in [4.78, 5) is 5.11. The highest BCUT2D eigenvalue weighted by molar-refractivity contribution is 6.01. The molecule has 2 nitrogen and oxygen atoms in total. The van der Waals surface area contributed by atoms with E-state index in [1.54, 1.807) is 6.07 Å². The number of hydrogen-bond acceptors (Lipinski definition) is 1. The number of fused-ring (bicyclic) bond motifs is 10. The van der Waals surface area contributed by atoms with Crippen LogP contribution in [0.15, 0.2) is 66.7 Å². The number of aromatic nitrogens is 2. The fraction of sp³-hybridized carbons (Fsp3) is 0.250. The van der Waals surface area contributed by atoms with E-state index in [0.29, 0.717) is 0 Å². The molecule has 1 fully saturated rings. The fourth-order valence-corrected chi connectivity index (χ4v) is 6.49. The maximum Gasteiger partial charge on any atom is 0.146 e. The van der Waals surface area contributed by atoms with Crippen molar-refractivity contribution in [1.29, 1.82) is 0 Å². The van der Waals surface area contributed by atoms with E-state index in [4.69, 9.17) is 4.98 Å². The van der Waals surface area contributed by atoms with Crippen LogP contribution in [0.4, 0.5) is 4.39 Å². The minimum Gasteiger partial charge on any atom is -0.292 e. The van der Waals surface area contributed by atoms with Gasteiger partial charge < -0.3 is 0 Å². The lowest BCUT2D eigenvalue weighted by molar-refractivity contribution is 0.484. The van der Waals surface area contributed by atoms with E-state index in [-0.39, 0.29) is 16.6 Å². The SMILES string of the molecule is CC12CCC(C)(C1)c1cc3c(cc12)nc1c2ccc(F)cc2cc(-c2ccccc2)n31. The molecule has 0 spiro atoms. The summed E-state index contributed by atoms with van der Waals surface area (Å²) in [5, 5.41) is 1.87. The van der Waals surface area contributed by atoms with Crippen molar-refractivity contribution in [3.05, 3.63) is 83.7 Å². The summed E-state index contributed by atoms with van der Waals surface area (Å²) in [5.41, 5.74) is 8.74. The number of benzene rings is 3. The molecule has 0 aliphatic heterocycles. The highest BCUT2D eigenvalue weighted by Crippen LogP contribution is 2.61. The molecule has 0 saturated heterocycles. The molecule has 2 atom stereocenters. The molecule has 5 aromatic rings. The van der Waals surface area contributed by atoms with Crippen LogP contribution < -0.4 is 0 Å². The summed E-state index contributed by atoms with van der Waals surface area (Å²) >= 11 is 0. The summed E-state index contributed by atoms with van der Waals surface area (Å²) < 4.78 is 16.4. The van der Waals surface area contributed by atoms with Gasteiger partial charge in [-0.15, -0.1) is 0 Å². The third kappa shape index (κ3) is 2.19. The molecule has 2 bridgehead atoms. The highest BCUT2D eigenvalue weighted by atomic mass is 19.1. The predicted molar refractivity (Wildman–Crippen MR) is 124 cm³/mol. The minimum absolute atomic E-state index is 0.219. The second-order valence-electron chi connectivity index (χ2n) is 10.1. The Hall–Kier alpha value is -3.20. The van der Waals surface area contributed by atoms with Gasteiger partial charge in [0.15, 0.2) is 0 Å². The molecule has 2 aliphatic carbocycles. The molecule has 31 heavy (non-hydrogen) atoms. The van der Waals surface area contributed by atoms with Gasteiger partial charge in [0, 0.05) is 5.39 Å². The van der Waals surface area contributed by atoms with Crippen molar-refractivity contribution in [2.24, 2.45) is 0 Å². The zero-order chi connectivity index (χ0) is 21.0. The van der Waals surface area contributed by atoms with Crippen molar-refractivity contribution in [1.82, 2.24) is 9.38 Å². The second-order valence-corrected chi connectivity index (χ2v) is 10.1. The van der Waals surface area contributed by atoms with Gasteiger partial charge in [-0.1, -0.05) is 44.2 Å². The standard InChI is InChI=1S/C28H23FN2/c1-27-10-11-28(2,16-27)22-15-25-23(14-21(22)27)30-26-20-9-8-19(29)12-18(20)13-24(31(25)26)17-6-4-3-5-7-17/h3-9,12-15H,10-11,16H2,1-2H3. The largest absolute Gasteiger partial charge is 0.292 e. The molecule has 1 saturated carbocycles. The number of pyridine rings is 1. The molecule has 2 heterocycles. The van der Waals surface area contributed by atoms with Crippen molar-refractivity contribution in [2.45, 2.75) is 43.9 Å². The summed E-state index contributed by atoms with van der Waals surface area (Å²) in [7, 11) is 0. The van der Waals surface area contributed by atoms with Gasteiger partial charge in [0.25, 0.3) is 0 Å². The summed E-state index contributed by atoms with van der Waals surface area (Å²) in [6, 6.07) is 22.2. The van der Waals surface area contributed by atoms with Gasteiger partial charge >= 0.3 is 0 Å². The Labute approximate surface area is 180 Å². The maximum absolute atomic E-state index is 14.1. The van der Waals surface area contributed by atoms with Crippen LogP contribution in [0.3, 0.4) is 0 Å². The molecule has 3 heteroatoms. The van der Waals surface area contributed by atoms with Crippen LogP contribution in [0.5, 0.6) is 0 Å². The minimum atomic E-state index is -0.219. The van der Waals surface area contributed by atoms with Gasteiger partial charge in [0.05, 0.1) is 16.7 Å². The molecular formula is C28H23FN2. The van der Waals surface area contributed by atoms with Crippen molar-refractivity contribution >= 4 is 27.5 Å². The Balaban J connectivity index is 1.66. The maximum atomic E-state index is 14.1. The summed E-state index contributed by atoms with van der Waals surface area (Å²) in [6.07, 6.45) is 3.75. The van der Waals surface area contributed by atoms with Gasteiger partial charge in [-0.05, 0) is 88.6 Å². The average Bonchev–Trinajstić information content (AvgIpc) is 3.37. The lowest BCUT2D eigenvalue weighted by Gasteiger charge is -2.27. The van der Waals surface area contributed by atoms with E-state index in [1.807, 2.05) is 12.1 Å². The molecule has 152 valence electrons. The molecule has 2 aliphatic rings. The average molecular weight is 407 g/mol. The highest BCUT2D eigenvalue weighted by Gasteiger charge is 2.53. The number of nitrogens with zero attached hydrogens (tertiary/aromatic N) is 2. The van der Waals surface area contributed by atoms with Crippen molar-refractivity contribution < 1.29 is 4.39 Å². The first-order chi connectivity index (χ1) is 15.0. The van der Waals surface area contributed by atoms with Crippen molar-refractivity contribution in [3.8, 4) is 11.3 Å². The molecule has 0 radical (unpaired) electrons. The first-order valence-electron chi connectivity index (χ1n) is 11.1. The molecule has 0 N–H and O–H groups in total. The second kappa shape index (κ2) is 5.53. The van der Waals surface area contributed by atoms with Crippen LogP contribution in [0, 0.1) is 5.82 Å². The Morgan fingerprint density at radius 1 is 0.871 bits per heavy atom. The summed E-state index contributed by atoms with van der Waals surface area (Å²) in [5.74, 6) is -0.219. The monoisotopic (exact) mass is 406 g/mol. The van der Waals surface area contributed by atoms with Crippen LogP contribution >= 0.6 is 0 Å². The first kappa shape index (κ1) is 17.5. The van der Waals surface area contributed by atoms with Crippen molar-refractivity contribution in [2.75, 3.05) is 0 Å². The van der Waals surface area contributed by atoms with Crippen LogP contribution in [-0.2, 0) is 10.8 Å². The molecule has 3 aromatic carbocycles. The molecule has 0 amide bonds. The Morgan fingerprint density at radius 2 is 1.61 bits per heavy atom. The Morgan fingerprint density at radius 3 is 2.39 bits per heavy atom. The quantitative estimate of drug-likeness (QED) is 0.289. The Kier molecular flexibility index (Phi) is 3.12. The van der Waals surface area contributed by atoms with E-state index in [2.05, 4.69) is 60.7 Å². The van der Waals surface area contributed by atoms with Crippen LogP contribution in [-0.4, -0.2) is 9.38 Å². The third-order valence-electron chi connectivity index (χ3n) is 7.96. The number of imidazole rings is 1. The van der Waals surface area contributed by atoms with Crippen LogP contribution in [0.1, 0.15) is 44.2 Å². The molecular weight excluding hydrogens is 383 g/mol. The lowest BCUT2D eigenvalue weighted by atomic mass is 9.78. The fourth-order valence-electron chi connectivity index (χ4n) is 6.49. The van der Waals surface area contributed by atoms with Crippen LogP contribution in [0.25, 0.3) is 38.7 Å². The molecule has 7 rings (SSSR count). The van der Waals surface area contributed by atoms with Crippen LogP contribution in [0.2, 0.25) is 0 Å². The van der Waals surface area contributed by atoms with Gasteiger partial charge in [0.2, 0.25) is 0 Å². The van der Waals surface area contributed by atoms with Gasteiger partial charge in [-0.25, -0.2) is 9.37 Å². The number of halogens is 1. The van der Waals surface area contributed by atoms with Crippen molar-refractivity contribution in [3.63, 3.8) is 0 Å². The van der Waals surface area contributed by atoms with E-state index in [0.717, 1.165) is 38.7 Å². The smallest absolute Gasteiger partial charge is 0.146 e. The number of rotatable bonds is 1. The van der Waals surface area contributed by atoms with E-state index < -0.39 is 0 Å².